The van der Waals surface area contributed by atoms with Crippen LogP contribution in [-0.2, 0) is 6.42 Å². The van der Waals surface area contributed by atoms with Crippen LogP contribution in [0.15, 0.2) is 41.1 Å². The Labute approximate surface area is 104 Å². The minimum absolute atomic E-state index is 0.397. The number of benzene rings is 1. The molecule has 1 amide bonds. The molecule has 3 N–H and O–H groups in total. The van der Waals surface area contributed by atoms with Gasteiger partial charge < -0.3 is 11.1 Å². The van der Waals surface area contributed by atoms with E-state index >= 15 is 0 Å². The maximum absolute atomic E-state index is 11.0. The second-order valence-electron chi connectivity index (χ2n) is 3.75. The van der Waals surface area contributed by atoms with E-state index < -0.39 is 5.91 Å². The molecule has 0 bridgehead atoms. The Morgan fingerprint density at radius 3 is 2.94 bits per heavy atom. The van der Waals surface area contributed by atoms with Gasteiger partial charge in [0.15, 0.2) is 0 Å². The number of primary amides is 1. The van der Waals surface area contributed by atoms with Crippen molar-refractivity contribution in [2.75, 3.05) is 11.9 Å². The lowest BCUT2D eigenvalue weighted by molar-refractivity contribution is 0.100. The van der Waals surface area contributed by atoms with Gasteiger partial charge in [-0.15, -0.1) is 0 Å². The molecule has 0 saturated carbocycles. The van der Waals surface area contributed by atoms with Crippen LogP contribution in [0.25, 0.3) is 0 Å². The topological polar surface area (TPSA) is 55.1 Å². The van der Waals surface area contributed by atoms with Gasteiger partial charge in [-0.05, 0) is 47.0 Å². The van der Waals surface area contributed by atoms with Crippen LogP contribution in [0.5, 0.6) is 0 Å². The molecule has 2 aromatic rings. The lowest BCUT2D eigenvalue weighted by Crippen LogP contribution is -2.11. The van der Waals surface area contributed by atoms with Gasteiger partial charge in [0.2, 0.25) is 5.91 Å². The van der Waals surface area contributed by atoms with E-state index in [4.69, 9.17) is 5.73 Å². The van der Waals surface area contributed by atoms with Crippen molar-refractivity contribution in [2.24, 2.45) is 5.73 Å². The van der Waals surface area contributed by atoms with Crippen LogP contribution < -0.4 is 11.1 Å². The van der Waals surface area contributed by atoms with Crippen LogP contribution in [0.2, 0.25) is 0 Å². The highest BCUT2D eigenvalue weighted by Gasteiger charge is 2.00. The molecule has 0 aliphatic carbocycles. The minimum Gasteiger partial charge on any atom is -0.385 e. The van der Waals surface area contributed by atoms with Gasteiger partial charge in [0.25, 0.3) is 0 Å². The van der Waals surface area contributed by atoms with Gasteiger partial charge in [-0.25, -0.2) is 0 Å². The summed E-state index contributed by atoms with van der Waals surface area (Å²) in [6.07, 6.45) is 0.976. The van der Waals surface area contributed by atoms with Crippen molar-refractivity contribution in [2.45, 2.75) is 6.42 Å². The average Bonchev–Trinajstić information content (AvgIpc) is 2.82. The molecule has 0 unspecified atom stereocenters. The second kappa shape index (κ2) is 5.50. The Morgan fingerprint density at radius 2 is 2.24 bits per heavy atom. The maximum atomic E-state index is 11.0. The van der Waals surface area contributed by atoms with Gasteiger partial charge in [0, 0.05) is 17.8 Å². The quantitative estimate of drug-likeness (QED) is 0.851. The molecule has 0 radical (unpaired) electrons. The Balaban J connectivity index is 1.90. The normalized spacial score (nSPS) is 10.1. The first kappa shape index (κ1) is 11.7. The molecule has 0 saturated heterocycles. The van der Waals surface area contributed by atoms with Gasteiger partial charge in [0.1, 0.15) is 0 Å². The van der Waals surface area contributed by atoms with E-state index in [9.17, 15) is 4.79 Å². The number of anilines is 1. The summed E-state index contributed by atoms with van der Waals surface area (Å²) in [5, 5.41) is 7.49. The summed E-state index contributed by atoms with van der Waals surface area (Å²) >= 11 is 1.70. The molecule has 17 heavy (non-hydrogen) atoms. The van der Waals surface area contributed by atoms with Gasteiger partial charge in [-0.2, -0.15) is 11.3 Å². The molecule has 1 aromatic heterocycles. The number of amides is 1. The third-order valence-corrected chi connectivity index (χ3v) is 3.20. The zero-order valence-corrected chi connectivity index (χ0v) is 10.2. The molecular weight excluding hydrogens is 232 g/mol. The first-order valence-corrected chi connectivity index (χ1v) is 6.35. The third kappa shape index (κ3) is 3.32. The fraction of sp³-hybridized carbons (Fsp3) is 0.154. The molecule has 88 valence electrons. The summed E-state index contributed by atoms with van der Waals surface area (Å²) in [5.74, 6) is -0.397. The van der Waals surface area contributed by atoms with Gasteiger partial charge >= 0.3 is 0 Å². The number of hydrogen-bond donors (Lipinski definition) is 2. The highest BCUT2D eigenvalue weighted by molar-refractivity contribution is 7.07. The number of rotatable bonds is 5. The van der Waals surface area contributed by atoms with Gasteiger partial charge in [-0.3, -0.25) is 4.79 Å². The highest BCUT2D eigenvalue weighted by atomic mass is 32.1. The van der Waals surface area contributed by atoms with Crippen LogP contribution >= 0.6 is 11.3 Å². The number of carbonyl (C=O) groups excluding carboxylic acids is 1. The van der Waals surface area contributed by atoms with E-state index in [0.717, 1.165) is 18.7 Å². The Hall–Kier alpha value is -1.81. The summed E-state index contributed by atoms with van der Waals surface area (Å²) in [5.41, 5.74) is 8.01. The molecule has 4 heteroatoms. The molecule has 2 rings (SSSR count). The van der Waals surface area contributed by atoms with Crippen molar-refractivity contribution in [3.8, 4) is 0 Å². The SMILES string of the molecule is NC(=O)c1cccc(NCCc2ccsc2)c1. The lowest BCUT2D eigenvalue weighted by atomic mass is 10.2. The fourth-order valence-electron chi connectivity index (χ4n) is 1.57. The third-order valence-electron chi connectivity index (χ3n) is 2.47. The van der Waals surface area contributed by atoms with Crippen molar-refractivity contribution in [3.63, 3.8) is 0 Å². The van der Waals surface area contributed by atoms with E-state index in [1.54, 1.807) is 23.5 Å². The number of carbonyl (C=O) groups is 1. The molecule has 3 nitrogen and oxygen atoms in total. The van der Waals surface area contributed by atoms with E-state index in [0.29, 0.717) is 5.56 Å². The highest BCUT2D eigenvalue weighted by Crippen LogP contribution is 2.11. The van der Waals surface area contributed by atoms with Crippen molar-refractivity contribution in [1.29, 1.82) is 0 Å². The van der Waals surface area contributed by atoms with Crippen molar-refractivity contribution in [1.82, 2.24) is 0 Å². The molecule has 0 spiro atoms. The molecule has 0 atom stereocenters. The monoisotopic (exact) mass is 246 g/mol. The summed E-state index contributed by atoms with van der Waals surface area (Å²) in [6.45, 7) is 0.846. The van der Waals surface area contributed by atoms with Crippen LogP contribution in [0.3, 0.4) is 0 Å². The Kier molecular flexibility index (Phi) is 3.77. The lowest BCUT2D eigenvalue weighted by Gasteiger charge is -2.06. The molecule has 0 aliphatic heterocycles. The Morgan fingerprint density at radius 1 is 1.35 bits per heavy atom. The fourth-order valence-corrected chi connectivity index (χ4v) is 2.27. The Bertz CT molecular complexity index is 494. The number of nitrogens with one attached hydrogen (secondary N) is 1. The smallest absolute Gasteiger partial charge is 0.248 e. The van der Waals surface area contributed by atoms with Gasteiger partial charge in [0.05, 0.1) is 0 Å². The molecule has 0 aliphatic rings. The van der Waals surface area contributed by atoms with Crippen molar-refractivity contribution in [3.05, 3.63) is 52.2 Å². The van der Waals surface area contributed by atoms with E-state index in [1.165, 1.54) is 5.56 Å². The number of thiophene rings is 1. The van der Waals surface area contributed by atoms with Crippen LogP contribution in [0, 0.1) is 0 Å². The number of nitrogens with two attached hydrogens (primary N) is 1. The average molecular weight is 246 g/mol. The molecule has 0 fully saturated rings. The van der Waals surface area contributed by atoms with E-state index in [-0.39, 0.29) is 0 Å². The summed E-state index contributed by atoms with van der Waals surface area (Å²) in [7, 11) is 0. The summed E-state index contributed by atoms with van der Waals surface area (Å²) < 4.78 is 0. The summed E-state index contributed by atoms with van der Waals surface area (Å²) in [6, 6.07) is 9.36. The predicted molar refractivity (Wildman–Crippen MR) is 71.5 cm³/mol. The number of hydrogen-bond acceptors (Lipinski definition) is 3. The maximum Gasteiger partial charge on any atom is 0.248 e. The standard InChI is InChI=1S/C13H14N2OS/c14-13(16)11-2-1-3-12(8-11)15-6-4-10-5-7-17-9-10/h1-3,5,7-9,15H,4,6H2,(H2,14,16). The largest absolute Gasteiger partial charge is 0.385 e. The second-order valence-corrected chi connectivity index (χ2v) is 4.53. The zero-order chi connectivity index (χ0) is 12.1. The molecular formula is C13H14N2OS. The molecule has 1 aromatic carbocycles. The first-order valence-electron chi connectivity index (χ1n) is 5.40. The van der Waals surface area contributed by atoms with Crippen molar-refractivity contribution < 1.29 is 4.79 Å². The van der Waals surface area contributed by atoms with E-state index in [2.05, 4.69) is 22.1 Å². The van der Waals surface area contributed by atoms with E-state index in [1.807, 2.05) is 12.1 Å². The van der Waals surface area contributed by atoms with Crippen LogP contribution in [0.1, 0.15) is 15.9 Å². The first-order chi connectivity index (χ1) is 8.25. The van der Waals surface area contributed by atoms with Gasteiger partial charge in [-0.1, -0.05) is 6.07 Å². The van der Waals surface area contributed by atoms with Crippen molar-refractivity contribution >= 4 is 22.9 Å². The zero-order valence-electron chi connectivity index (χ0n) is 9.35. The van der Waals surface area contributed by atoms with Crippen LogP contribution in [0.4, 0.5) is 5.69 Å². The predicted octanol–water partition coefficient (Wildman–Crippen LogP) is 2.50. The minimum atomic E-state index is -0.397. The van der Waals surface area contributed by atoms with Crippen LogP contribution in [-0.4, -0.2) is 12.5 Å². The molecule has 1 heterocycles. The summed E-state index contributed by atoms with van der Waals surface area (Å²) in [4.78, 5) is 11.0.